The summed E-state index contributed by atoms with van der Waals surface area (Å²) < 4.78 is 6.98. The second-order valence-electron chi connectivity index (χ2n) is 6.81. The number of aromatic nitrogens is 2. The van der Waals surface area contributed by atoms with E-state index < -0.39 is 0 Å². The Hall–Kier alpha value is -3.13. The highest BCUT2D eigenvalue weighted by atomic mass is 32.2. The van der Waals surface area contributed by atoms with Crippen LogP contribution in [0.2, 0.25) is 0 Å². The van der Waals surface area contributed by atoms with E-state index in [1.807, 2.05) is 13.0 Å². The number of hydrogen-bond acceptors (Lipinski definition) is 6. The first-order valence-corrected chi connectivity index (χ1v) is 10.8. The molecule has 8 heteroatoms. The van der Waals surface area contributed by atoms with Gasteiger partial charge in [0.15, 0.2) is 5.16 Å². The summed E-state index contributed by atoms with van der Waals surface area (Å²) in [6.07, 6.45) is 1.10. The second kappa shape index (κ2) is 8.71. The molecule has 2 aromatic carbocycles. The zero-order valence-electron chi connectivity index (χ0n) is 16.5. The average molecular weight is 423 g/mol. The molecule has 1 fully saturated rings. The largest absolute Gasteiger partial charge is 0.494 e. The number of amides is 2. The van der Waals surface area contributed by atoms with Crippen LogP contribution in [0, 0.1) is 0 Å². The molecule has 0 aliphatic carbocycles. The summed E-state index contributed by atoms with van der Waals surface area (Å²) in [5, 5.41) is 0.902. The smallest absolute Gasteiger partial charge is 0.266 e. The van der Waals surface area contributed by atoms with Crippen molar-refractivity contribution < 1.29 is 14.3 Å². The Labute approximate surface area is 177 Å². The molecular formula is C22H21N3O4S. The molecule has 30 heavy (non-hydrogen) atoms. The van der Waals surface area contributed by atoms with Crippen molar-refractivity contribution in [3.05, 3.63) is 58.9 Å². The van der Waals surface area contributed by atoms with Crippen LogP contribution in [-0.2, 0) is 9.59 Å². The minimum Gasteiger partial charge on any atom is -0.494 e. The summed E-state index contributed by atoms with van der Waals surface area (Å²) in [6.45, 7) is 2.91. The first kappa shape index (κ1) is 20.2. The highest BCUT2D eigenvalue weighted by molar-refractivity contribution is 7.99. The van der Waals surface area contributed by atoms with Crippen LogP contribution in [-0.4, -0.2) is 45.2 Å². The number of para-hydroxylation sites is 1. The van der Waals surface area contributed by atoms with E-state index in [1.54, 1.807) is 42.5 Å². The Bertz CT molecular complexity index is 1160. The molecule has 4 rings (SSSR count). The topological polar surface area (TPSA) is 81.5 Å². The third kappa shape index (κ3) is 3.95. The van der Waals surface area contributed by atoms with E-state index in [-0.39, 0.29) is 23.1 Å². The fraction of sp³-hybridized carbons (Fsp3) is 0.273. The third-order valence-electron chi connectivity index (χ3n) is 4.85. The van der Waals surface area contributed by atoms with E-state index in [1.165, 1.54) is 9.47 Å². The van der Waals surface area contributed by atoms with Gasteiger partial charge in [-0.05, 0) is 49.7 Å². The molecule has 0 bridgehead atoms. The third-order valence-corrected chi connectivity index (χ3v) is 5.77. The van der Waals surface area contributed by atoms with Crippen molar-refractivity contribution in [2.75, 3.05) is 18.9 Å². The molecular weight excluding hydrogens is 402 g/mol. The predicted molar refractivity (Wildman–Crippen MR) is 115 cm³/mol. The molecule has 7 nitrogen and oxygen atoms in total. The Kier molecular flexibility index (Phi) is 5.85. The van der Waals surface area contributed by atoms with Crippen LogP contribution in [0.5, 0.6) is 5.75 Å². The maximum Gasteiger partial charge on any atom is 0.266 e. The van der Waals surface area contributed by atoms with Gasteiger partial charge in [0.2, 0.25) is 11.8 Å². The molecule has 3 aromatic rings. The Balaban J connectivity index is 1.71. The molecule has 0 unspecified atom stereocenters. The van der Waals surface area contributed by atoms with Crippen LogP contribution in [0.4, 0.5) is 0 Å². The summed E-state index contributed by atoms with van der Waals surface area (Å²) in [6, 6.07) is 14.3. The number of thioether (sulfide) groups is 1. The van der Waals surface area contributed by atoms with Crippen molar-refractivity contribution in [2.24, 2.45) is 0 Å². The minimum absolute atomic E-state index is 0.0353. The Morgan fingerprint density at radius 1 is 1.13 bits per heavy atom. The monoisotopic (exact) mass is 423 g/mol. The maximum absolute atomic E-state index is 13.2. The highest BCUT2D eigenvalue weighted by Crippen LogP contribution is 2.24. The SMILES string of the molecule is CCOc1ccc(-n2c(SCC(=O)N3CCCC3=O)nc3ccccc3c2=O)cc1. The molecule has 0 saturated carbocycles. The maximum atomic E-state index is 13.2. The van der Waals surface area contributed by atoms with Crippen LogP contribution >= 0.6 is 11.8 Å². The molecule has 1 aliphatic heterocycles. The van der Waals surface area contributed by atoms with Gasteiger partial charge in [0.25, 0.3) is 5.56 Å². The predicted octanol–water partition coefficient (Wildman–Crippen LogP) is 3.03. The van der Waals surface area contributed by atoms with E-state index in [9.17, 15) is 14.4 Å². The van der Waals surface area contributed by atoms with Crippen LogP contribution in [0.3, 0.4) is 0 Å². The summed E-state index contributed by atoms with van der Waals surface area (Å²) in [5.74, 6) is 0.340. The molecule has 2 amide bonds. The van der Waals surface area contributed by atoms with Crippen LogP contribution in [0.25, 0.3) is 16.6 Å². The number of ether oxygens (including phenoxy) is 1. The summed E-state index contributed by atoms with van der Waals surface area (Å²) in [7, 11) is 0. The molecule has 1 aromatic heterocycles. The van der Waals surface area contributed by atoms with Crippen LogP contribution in [0.15, 0.2) is 58.5 Å². The molecule has 154 valence electrons. The lowest BCUT2D eigenvalue weighted by Gasteiger charge is -2.16. The summed E-state index contributed by atoms with van der Waals surface area (Å²) in [5.41, 5.74) is 0.989. The summed E-state index contributed by atoms with van der Waals surface area (Å²) in [4.78, 5) is 43.5. The number of imide groups is 1. The minimum atomic E-state index is -0.261. The number of carbonyl (C=O) groups is 2. The molecule has 0 spiro atoms. The van der Waals surface area contributed by atoms with Gasteiger partial charge in [-0.25, -0.2) is 4.98 Å². The zero-order chi connectivity index (χ0) is 21.1. The number of nitrogens with zero attached hydrogens (tertiary/aromatic N) is 3. The molecule has 2 heterocycles. The van der Waals surface area contributed by atoms with Crippen molar-refractivity contribution in [3.63, 3.8) is 0 Å². The fourth-order valence-corrected chi connectivity index (χ4v) is 4.30. The van der Waals surface area contributed by atoms with Gasteiger partial charge < -0.3 is 4.74 Å². The molecule has 1 saturated heterocycles. The Morgan fingerprint density at radius 3 is 2.60 bits per heavy atom. The van der Waals surface area contributed by atoms with Gasteiger partial charge >= 0.3 is 0 Å². The quantitative estimate of drug-likeness (QED) is 0.448. The number of rotatable bonds is 6. The van der Waals surface area contributed by atoms with Crippen molar-refractivity contribution in [3.8, 4) is 11.4 Å². The van der Waals surface area contributed by atoms with Crippen molar-refractivity contribution >= 4 is 34.5 Å². The lowest BCUT2D eigenvalue weighted by atomic mass is 10.2. The normalized spacial score (nSPS) is 13.8. The van der Waals surface area contributed by atoms with E-state index in [4.69, 9.17) is 4.74 Å². The van der Waals surface area contributed by atoms with Crippen molar-refractivity contribution in [1.29, 1.82) is 0 Å². The Morgan fingerprint density at radius 2 is 1.90 bits per heavy atom. The number of fused-ring (bicyclic) bond motifs is 1. The van der Waals surface area contributed by atoms with Crippen molar-refractivity contribution in [2.45, 2.75) is 24.9 Å². The van der Waals surface area contributed by atoms with Gasteiger partial charge in [0, 0.05) is 13.0 Å². The molecule has 0 atom stereocenters. The standard InChI is InChI=1S/C22H21N3O4S/c1-2-29-16-11-9-15(10-12-16)25-21(28)17-6-3-4-7-18(17)23-22(25)30-14-20(27)24-13-5-8-19(24)26/h3-4,6-7,9-12H,2,5,8,13-14H2,1H3. The van der Waals surface area contributed by atoms with Crippen molar-refractivity contribution in [1.82, 2.24) is 14.5 Å². The average Bonchev–Trinajstić information content (AvgIpc) is 3.19. The van der Waals surface area contributed by atoms with Crippen LogP contribution < -0.4 is 10.3 Å². The first-order valence-electron chi connectivity index (χ1n) is 9.79. The molecule has 0 N–H and O–H groups in total. The van der Waals surface area contributed by atoms with Gasteiger partial charge in [-0.2, -0.15) is 0 Å². The number of benzene rings is 2. The highest BCUT2D eigenvalue weighted by Gasteiger charge is 2.26. The summed E-state index contributed by atoms with van der Waals surface area (Å²) >= 11 is 1.16. The molecule has 1 aliphatic rings. The van der Waals surface area contributed by atoms with E-state index in [0.29, 0.717) is 53.5 Å². The zero-order valence-corrected chi connectivity index (χ0v) is 17.4. The lowest BCUT2D eigenvalue weighted by Crippen LogP contribution is -2.33. The lowest BCUT2D eigenvalue weighted by molar-refractivity contribution is -0.140. The van der Waals surface area contributed by atoms with E-state index >= 15 is 0 Å². The second-order valence-corrected chi connectivity index (χ2v) is 7.75. The molecule has 0 radical (unpaired) electrons. The van der Waals surface area contributed by atoms with Gasteiger partial charge in [-0.1, -0.05) is 23.9 Å². The van der Waals surface area contributed by atoms with Gasteiger partial charge in [-0.3, -0.25) is 23.9 Å². The van der Waals surface area contributed by atoms with Gasteiger partial charge in [-0.15, -0.1) is 0 Å². The van der Waals surface area contributed by atoms with Gasteiger partial charge in [0.05, 0.1) is 29.0 Å². The van der Waals surface area contributed by atoms with Crippen LogP contribution in [0.1, 0.15) is 19.8 Å². The number of hydrogen-bond donors (Lipinski definition) is 0. The van der Waals surface area contributed by atoms with E-state index in [0.717, 1.165) is 11.8 Å². The first-order chi connectivity index (χ1) is 14.6. The van der Waals surface area contributed by atoms with E-state index in [2.05, 4.69) is 4.98 Å². The number of carbonyl (C=O) groups excluding carboxylic acids is 2. The fourth-order valence-electron chi connectivity index (χ4n) is 3.41. The van der Waals surface area contributed by atoms with Gasteiger partial charge in [0.1, 0.15) is 5.75 Å². The number of likely N-dealkylation sites (tertiary alicyclic amines) is 1.